The van der Waals surface area contributed by atoms with E-state index in [1.807, 2.05) is 0 Å². The Hall–Kier alpha value is -0.590. The van der Waals surface area contributed by atoms with Crippen LogP contribution in [0.1, 0.15) is 32.6 Å². The first kappa shape index (κ1) is 6.53. The molecule has 1 heteroatoms. The quantitative estimate of drug-likeness (QED) is 0.515. The van der Waals surface area contributed by atoms with Gasteiger partial charge in [0.1, 0.15) is 6.29 Å². The molecule has 1 rings (SSSR count). The van der Waals surface area contributed by atoms with Crippen LogP contribution in [0.3, 0.4) is 0 Å². The Kier molecular flexibility index (Phi) is 2.04. The van der Waals surface area contributed by atoms with E-state index in [2.05, 4.69) is 6.92 Å². The standard InChI is InChI=1S/C8H12O/c1-2-7-4-3-5-8(7)6-9/h6H,2-5H2,1H3. The minimum absolute atomic E-state index is 1.02. The summed E-state index contributed by atoms with van der Waals surface area (Å²) in [5, 5.41) is 0. The molecule has 50 valence electrons. The van der Waals surface area contributed by atoms with Crippen molar-refractivity contribution in [1.29, 1.82) is 0 Å². The molecule has 0 N–H and O–H groups in total. The van der Waals surface area contributed by atoms with E-state index < -0.39 is 0 Å². The summed E-state index contributed by atoms with van der Waals surface area (Å²) in [5.74, 6) is 0. The van der Waals surface area contributed by atoms with Gasteiger partial charge in [0.15, 0.2) is 0 Å². The number of allylic oxidation sites excluding steroid dienone is 2. The van der Waals surface area contributed by atoms with Crippen molar-refractivity contribution in [2.75, 3.05) is 0 Å². The summed E-state index contributed by atoms with van der Waals surface area (Å²) in [5.41, 5.74) is 2.45. The van der Waals surface area contributed by atoms with E-state index in [1.54, 1.807) is 0 Å². The zero-order valence-electron chi connectivity index (χ0n) is 5.81. The minimum Gasteiger partial charge on any atom is -0.298 e. The first-order valence-corrected chi connectivity index (χ1v) is 3.54. The fourth-order valence-corrected chi connectivity index (χ4v) is 1.38. The van der Waals surface area contributed by atoms with Gasteiger partial charge in [0.25, 0.3) is 0 Å². The van der Waals surface area contributed by atoms with Crippen LogP contribution < -0.4 is 0 Å². The van der Waals surface area contributed by atoms with E-state index >= 15 is 0 Å². The highest BCUT2D eigenvalue weighted by molar-refractivity contribution is 5.75. The molecule has 0 radical (unpaired) electrons. The van der Waals surface area contributed by atoms with Crippen LogP contribution in [0.5, 0.6) is 0 Å². The number of carbonyl (C=O) groups is 1. The molecule has 0 fully saturated rings. The molecule has 0 aromatic rings. The average molecular weight is 124 g/mol. The third-order valence-corrected chi connectivity index (χ3v) is 1.95. The highest BCUT2D eigenvalue weighted by atomic mass is 16.1. The summed E-state index contributed by atoms with van der Waals surface area (Å²) >= 11 is 0. The first-order valence-electron chi connectivity index (χ1n) is 3.54. The molecule has 9 heavy (non-hydrogen) atoms. The van der Waals surface area contributed by atoms with E-state index in [0.717, 1.165) is 31.1 Å². The molecule has 1 aliphatic carbocycles. The van der Waals surface area contributed by atoms with Gasteiger partial charge in [-0.05, 0) is 31.3 Å². The number of rotatable bonds is 2. The lowest BCUT2D eigenvalue weighted by molar-refractivity contribution is -0.105. The zero-order valence-corrected chi connectivity index (χ0v) is 5.81. The van der Waals surface area contributed by atoms with Gasteiger partial charge in [0, 0.05) is 0 Å². The van der Waals surface area contributed by atoms with Gasteiger partial charge >= 0.3 is 0 Å². The van der Waals surface area contributed by atoms with Gasteiger partial charge in [-0.3, -0.25) is 4.79 Å². The summed E-state index contributed by atoms with van der Waals surface area (Å²) in [6.45, 7) is 2.12. The van der Waals surface area contributed by atoms with Crippen LogP contribution in [0, 0.1) is 0 Å². The monoisotopic (exact) mass is 124 g/mol. The van der Waals surface area contributed by atoms with E-state index in [4.69, 9.17) is 0 Å². The molecule has 0 unspecified atom stereocenters. The van der Waals surface area contributed by atoms with Crippen molar-refractivity contribution < 1.29 is 4.79 Å². The fraction of sp³-hybridized carbons (Fsp3) is 0.625. The van der Waals surface area contributed by atoms with Gasteiger partial charge in [-0.15, -0.1) is 0 Å². The van der Waals surface area contributed by atoms with Crippen molar-refractivity contribution in [3.63, 3.8) is 0 Å². The maximum atomic E-state index is 10.3. The first-order chi connectivity index (χ1) is 4.38. The van der Waals surface area contributed by atoms with Gasteiger partial charge in [-0.2, -0.15) is 0 Å². The number of hydrogen-bond donors (Lipinski definition) is 0. The summed E-state index contributed by atoms with van der Waals surface area (Å²) in [6.07, 6.45) is 5.45. The molecule has 0 saturated carbocycles. The number of carbonyl (C=O) groups excluding carboxylic acids is 1. The normalized spacial score (nSPS) is 18.8. The molecular weight excluding hydrogens is 112 g/mol. The molecule has 0 aromatic carbocycles. The summed E-state index contributed by atoms with van der Waals surface area (Å²) in [6, 6.07) is 0. The number of hydrogen-bond acceptors (Lipinski definition) is 1. The molecule has 0 spiro atoms. The molecule has 1 nitrogen and oxygen atoms in total. The van der Waals surface area contributed by atoms with Gasteiger partial charge in [0.2, 0.25) is 0 Å². The summed E-state index contributed by atoms with van der Waals surface area (Å²) in [4.78, 5) is 10.3. The minimum atomic E-state index is 1.02. The van der Waals surface area contributed by atoms with Crippen LogP contribution in [-0.4, -0.2) is 6.29 Å². The van der Waals surface area contributed by atoms with Gasteiger partial charge in [-0.1, -0.05) is 12.5 Å². The Labute approximate surface area is 55.8 Å². The maximum absolute atomic E-state index is 10.3. The van der Waals surface area contributed by atoms with Crippen LogP contribution in [0.4, 0.5) is 0 Å². The molecule has 0 aromatic heterocycles. The van der Waals surface area contributed by atoms with E-state index in [-0.39, 0.29) is 0 Å². The molecule has 1 aliphatic rings. The van der Waals surface area contributed by atoms with Crippen LogP contribution in [0.15, 0.2) is 11.1 Å². The van der Waals surface area contributed by atoms with E-state index in [9.17, 15) is 4.79 Å². The summed E-state index contributed by atoms with van der Waals surface area (Å²) in [7, 11) is 0. The predicted octanol–water partition coefficient (Wildman–Crippen LogP) is 2.08. The molecule has 0 aliphatic heterocycles. The second-order valence-electron chi connectivity index (χ2n) is 2.45. The van der Waals surface area contributed by atoms with Gasteiger partial charge < -0.3 is 0 Å². The lowest BCUT2D eigenvalue weighted by atomic mass is 10.1. The van der Waals surface area contributed by atoms with Crippen LogP contribution in [0.25, 0.3) is 0 Å². The topological polar surface area (TPSA) is 17.1 Å². The smallest absolute Gasteiger partial charge is 0.145 e. The van der Waals surface area contributed by atoms with Gasteiger partial charge in [0.05, 0.1) is 0 Å². The lowest BCUT2D eigenvalue weighted by Gasteiger charge is -1.93. The van der Waals surface area contributed by atoms with Crippen LogP contribution in [-0.2, 0) is 4.79 Å². The molecule has 0 heterocycles. The number of aldehydes is 1. The third kappa shape index (κ3) is 1.21. The van der Waals surface area contributed by atoms with Crippen molar-refractivity contribution in [3.8, 4) is 0 Å². The molecular formula is C8H12O. The maximum Gasteiger partial charge on any atom is 0.145 e. The second kappa shape index (κ2) is 2.81. The highest BCUT2D eigenvalue weighted by Crippen LogP contribution is 2.26. The van der Waals surface area contributed by atoms with Crippen LogP contribution >= 0.6 is 0 Å². The Balaban J connectivity index is 2.69. The Bertz CT molecular complexity index is 145. The Morgan fingerprint density at radius 1 is 1.56 bits per heavy atom. The average Bonchev–Trinajstić information content (AvgIpc) is 2.33. The van der Waals surface area contributed by atoms with Crippen molar-refractivity contribution in [2.24, 2.45) is 0 Å². The second-order valence-corrected chi connectivity index (χ2v) is 2.45. The predicted molar refractivity (Wildman–Crippen MR) is 37.2 cm³/mol. The Morgan fingerprint density at radius 2 is 2.33 bits per heavy atom. The van der Waals surface area contributed by atoms with Crippen molar-refractivity contribution in [1.82, 2.24) is 0 Å². The lowest BCUT2D eigenvalue weighted by Crippen LogP contribution is -1.81. The van der Waals surface area contributed by atoms with Gasteiger partial charge in [-0.25, -0.2) is 0 Å². The SMILES string of the molecule is CCC1=C(C=O)CCC1. The van der Waals surface area contributed by atoms with Crippen LogP contribution in [0.2, 0.25) is 0 Å². The molecule has 0 amide bonds. The van der Waals surface area contributed by atoms with E-state index in [1.165, 1.54) is 12.0 Å². The van der Waals surface area contributed by atoms with Crippen molar-refractivity contribution in [2.45, 2.75) is 32.6 Å². The summed E-state index contributed by atoms with van der Waals surface area (Å²) < 4.78 is 0. The van der Waals surface area contributed by atoms with Crippen molar-refractivity contribution in [3.05, 3.63) is 11.1 Å². The zero-order chi connectivity index (χ0) is 6.69. The molecule has 0 bridgehead atoms. The van der Waals surface area contributed by atoms with E-state index in [0.29, 0.717) is 0 Å². The third-order valence-electron chi connectivity index (χ3n) is 1.95. The largest absolute Gasteiger partial charge is 0.298 e. The van der Waals surface area contributed by atoms with Crippen molar-refractivity contribution >= 4 is 6.29 Å². The highest BCUT2D eigenvalue weighted by Gasteiger charge is 2.10. The molecule has 0 saturated heterocycles. The fourth-order valence-electron chi connectivity index (χ4n) is 1.38. The Morgan fingerprint density at radius 3 is 2.78 bits per heavy atom. The molecule has 0 atom stereocenters.